The third-order valence-corrected chi connectivity index (χ3v) is 2.36. The summed E-state index contributed by atoms with van der Waals surface area (Å²) in [6, 6.07) is 6.50. The summed E-state index contributed by atoms with van der Waals surface area (Å²) in [5, 5.41) is 9.48. The van der Waals surface area contributed by atoms with Gasteiger partial charge in [-0.1, -0.05) is 18.2 Å². The molecule has 3 heteroatoms. The quantitative estimate of drug-likeness (QED) is 0.709. The van der Waals surface area contributed by atoms with E-state index in [1.807, 2.05) is 0 Å². The molecule has 0 amide bonds. The van der Waals surface area contributed by atoms with Crippen molar-refractivity contribution in [1.82, 2.24) is 0 Å². The topological polar surface area (TPSA) is 29.5 Å². The van der Waals surface area contributed by atoms with E-state index in [0.717, 1.165) is 0 Å². The maximum atomic E-state index is 13.2. The third kappa shape index (κ3) is 1.57. The molecule has 2 unspecified atom stereocenters. The van der Waals surface area contributed by atoms with E-state index in [0.29, 0.717) is 18.8 Å². The number of rotatable bonds is 1. The van der Waals surface area contributed by atoms with Gasteiger partial charge in [-0.15, -0.1) is 0 Å². The largest absolute Gasteiger partial charge is 0.390 e. The molecule has 0 spiro atoms. The van der Waals surface area contributed by atoms with Crippen LogP contribution in [0.15, 0.2) is 24.3 Å². The molecule has 0 aromatic heterocycles. The molecule has 1 aliphatic heterocycles. The van der Waals surface area contributed by atoms with Crippen LogP contribution in [-0.2, 0) is 4.74 Å². The van der Waals surface area contributed by atoms with Crippen LogP contribution in [0.5, 0.6) is 0 Å². The minimum absolute atomic E-state index is 0.207. The first-order chi connectivity index (χ1) is 6.29. The molecule has 0 bridgehead atoms. The maximum absolute atomic E-state index is 13.2. The Labute approximate surface area is 76.0 Å². The van der Waals surface area contributed by atoms with Gasteiger partial charge in [0.25, 0.3) is 0 Å². The molecule has 1 saturated heterocycles. The number of hydrogen-bond acceptors (Lipinski definition) is 2. The lowest BCUT2D eigenvalue weighted by atomic mass is 9.96. The Morgan fingerprint density at radius 3 is 2.69 bits per heavy atom. The second kappa shape index (κ2) is 3.44. The molecule has 1 heterocycles. The normalized spacial score (nSPS) is 27.8. The fourth-order valence-electron chi connectivity index (χ4n) is 1.62. The van der Waals surface area contributed by atoms with Crippen LogP contribution >= 0.6 is 0 Å². The van der Waals surface area contributed by atoms with Crippen molar-refractivity contribution in [3.63, 3.8) is 0 Å². The van der Waals surface area contributed by atoms with E-state index in [1.54, 1.807) is 18.2 Å². The Bertz CT molecular complexity index is 301. The lowest BCUT2D eigenvalue weighted by Gasteiger charge is -2.12. The smallest absolute Gasteiger partial charge is 0.126 e. The van der Waals surface area contributed by atoms with Gasteiger partial charge < -0.3 is 9.84 Å². The molecule has 70 valence electrons. The zero-order valence-corrected chi connectivity index (χ0v) is 7.11. The van der Waals surface area contributed by atoms with Gasteiger partial charge in [0.1, 0.15) is 5.82 Å². The summed E-state index contributed by atoms with van der Waals surface area (Å²) < 4.78 is 18.3. The van der Waals surface area contributed by atoms with Crippen LogP contribution in [0.25, 0.3) is 0 Å². The van der Waals surface area contributed by atoms with Gasteiger partial charge >= 0.3 is 0 Å². The molecule has 0 saturated carbocycles. The van der Waals surface area contributed by atoms with Gasteiger partial charge in [0, 0.05) is 5.92 Å². The summed E-state index contributed by atoms with van der Waals surface area (Å²) >= 11 is 0. The van der Waals surface area contributed by atoms with E-state index < -0.39 is 6.10 Å². The second-order valence-electron chi connectivity index (χ2n) is 3.23. The van der Waals surface area contributed by atoms with E-state index in [1.165, 1.54) is 6.07 Å². The first kappa shape index (κ1) is 8.66. The molecular formula is C10H11FO2. The van der Waals surface area contributed by atoms with Crippen LogP contribution in [0.1, 0.15) is 11.5 Å². The highest BCUT2D eigenvalue weighted by Crippen LogP contribution is 2.27. The monoisotopic (exact) mass is 182 g/mol. The number of hydrogen-bond donors (Lipinski definition) is 1. The van der Waals surface area contributed by atoms with Crippen LogP contribution in [0.3, 0.4) is 0 Å². The van der Waals surface area contributed by atoms with Gasteiger partial charge in [-0.05, 0) is 11.6 Å². The summed E-state index contributed by atoms with van der Waals surface area (Å²) in [6.45, 7) is 0.709. The fourth-order valence-corrected chi connectivity index (χ4v) is 1.62. The van der Waals surface area contributed by atoms with Crippen molar-refractivity contribution in [1.29, 1.82) is 0 Å². The van der Waals surface area contributed by atoms with Crippen LogP contribution in [0, 0.1) is 5.82 Å². The summed E-state index contributed by atoms with van der Waals surface area (Å²) in [6.07, 6.45) is -0.572. The van der Waals surface area contributed by atoms with Gasteiger partial charge in [0.05, 0.1) is 19.3 Å². The van der Waals surface area contributed by atoms with E-state index in [4.69, 9.17) is 4.74 Å². The van der Waals surface area contributed by atoms with Crippen molar-refractivity contribution in [3.05, 3.63) is 35.6 Å². The number of halogens is 1. The second-order valence-corrected chi connectivity index (χ2v) is 3.23. The van der Waals surface area contributed by atoms with E-state index in [9.17, 15) is 9.50 Å². The molecule has 1 aromatic carbocycles. The lowest BCUT2D eigenvalue weighted by Crippen LogP contribution is -2.16. The van der Waals surface area contributed by atoms with Crippen molar-refractivity contribution >= 4 is 0 Å². The average Bonchev–Trinajstić information content (AvgIpc) is 2.52. The van der Waals surface area contributed by atoms with Crippen LogP contribution in [0.4, 0.5) is 4.39 Å². The minimum Gasteiger partial charge on any atom is -0.390 e. The van der Waals surface area contributed by atoms with Gasteiger partial charge in [-0.3, -0.25) is 0 Å². The highest BCUT2D eigenvalue weighted by molar-refractivity contribution is 5.23. The summed E-state index contributed by atoms with van der Waals surface area (Å²) in [4.78, 5) is 0. The molecule has 1 aromatic rings. The number of aliphatic hydroxyl groups is 1. The van der Waals surface area contributed by atoms with Gasteiger partial charge in [0.15, 0.2) is 0 Å². The zero-order chi connectivity index (χ0) is 9.26. The van der Waals surface area contributed by atoms with Crippen molar-refractivity contribution in [3.8, 4) is 0 Å². The summed E-state index contributed by atoms with van der Waals surface area (Å²) in [5.41, 5.74) is 0.549. The average molecular weight is 182 g/mol. The lowest BCUT2D eigenvalue weighted by molar-refractivity contribution is 0.124. The molecule has 2 rings (SSSR count). The standard InChI is InChI=1S/C10H11FO2/c11-9-4-2-1-3-7(9)8-5-13-6-10(8)12/h1-4,8,10,12H,5-6H2. The Kier molecular flexibility index (Phi) is 2.29. The van der Waals surface area contributed by atoms with Crippen LogP contribution in [0.2, 0.25) is 0 Å². The number of ether oxygens (including phenoxy) is 1. The number of aliphatic hydroxyl groups excluding tert-OH is 1. The summed E-state index contributed by atoms with van der Waals surface area (Å²) in [7, 11) is 0. The highest BCUT2D eigenvalue weighted by atomic mass is 19.1. The molecular weight excluding hydrogens is 171 g/mol. The predicted octanol–water partition coefficient (Wildman–Crippen LogP) is 1.30. The molecule has 2 nitrogen and oxygen atoms in total. The van der Waals surface area contributed by atoms with E-state index in [-0.39, 0.29) is 11.7 Å². The van der Waals surface area contributed by atoms with E-state index >= 15 is 0 Å². The predicted molar refractivity (Wildman–Crippen MR) is 46.0 cm³/mol. The molecule has 0 radical (unpaired) electrons. The third-order valence-electron chi connectivity index (χ3n) is 2.36. The molecule has 2 atom stereocenters. The first-order valence-corrected chi connectivity index (χ1v) is 4.29. The Morgan fingerprint density at radius 2 is 2.08 bits per heavy atom. The zero-order valence-electron chi connectivity index (χ0n) is 7.11. The van der Waals surface area contributed by atoms with Crippen molar-refractivity contribution in [2.24, 2.45) is 0 Å². The van der Waals surface area contributed by atoms with E-state index in [2.05, 4.69) is 0 Å². The van der Waals surface area contributed by atoms with Gasteiger partial charge in [-0.2, -0.15) is 0 Å². The molecule has 1 aliphatic rings. The Balaban J connectivity index is 2.29. The van der Waals surface area contributed by atoms with Crippen LogP contribution in [-0.4, -0.2) is 24.4 Å². The van der Waals surface area contributed by atoms with Crippen LogP contribution < -0.4 is 0 Å². The van der Waals surface area contributed by atoms with Crippen molar-refractivity contribution in [2.75, 3.05) is 13.2 Å². The Hall–Kier alpha value is -0.930. The van der Waals surface area contributed by atoms with Crippen molar-refractivity contribution < 1.29 is 14.2 Å². The summed E-state index contributed by atoms with van der Waals surface area (Å²) in [5.74, 6) is -0.474. The number of benzene rings is 1. The first-order valence-electron chi connectivity index (χ1n) is 4.29. The fraction of sp³-hybridized carbons (Fsp3) is 0.400. The minimum atomic E-state index is -0.572. The SMILES string of the molecule is OC1COCC1c1ccccc1F. The molecule has 0 aliphatic carbocycles. The molecule has 1 N–H and O–H groups in total. The maximum Gasteiger partial charge on any atom is 0.126 e. The molecule has 1 fully saturated rings. The van der Waals surface area contributed by atoms with Gasteiger partial charge in [0.2, 0.25) is 0 Å². The Morgan fingerprint density at radius 1 is 1.31 bits per heavy atom. The van der Waals surface area contributed by atoms with Crippen molar-refractivity contribution in [2.45, 2.75) is 12.0 Å². The highest BCUT2D eigenvalue weighted by Gasteiger charge is 2.29. The molecule has 13 heavy (non-hydrogen) atoms. The van der Waals surface area contributed by atoms with Gasteiger partial charge in [-0.25, -0.2) is 4.39 Å².